The molecule has 0 bridgehead atoms. The monoisotopic (exact) mass is 409 g/mol. The van der Waals surface area contributed by atoms with Crippen LogP contribution in [0.2, 0.25) is 10.2 Å². The molecule has 0 saturated heterocycles. The fraction of sp³-hybridized carbons (Fsp3) is 0.368. The number of amides is 1. The summed E-state index contributed by atoms with van der Waals surface area (Å²) in [6, 6.07) is 9.57. The summed E-state index contributed by atoms with van der Waals surface area (Å²) < 4.78 is 1.83. The van der Waals surface area contributed by atoms with Crippen LogP contribution in [-0.4, -0.2) is 23.5 Å². The highest BCUT2D eigenvalue weighted by Gasteiger charge is 2.09. The van der Waals surface area contributed by atoms with Crippen molar-refractivity contribution in [1.29, 1.82) is 0 Å². The zero-order valence-corrected chi connectivity index (χ0v) is 17.3. The molecule has 0 aliphatic rings. The Morgan fingerprint density at radius 3 is 2.56 bits per heavy atom. The minimum Gasteiger partial charge on any atom is -0.352 e. The van der Waals surface area contributed by atoms with Crippen molar-refractivity contribution in [1.82, 2.24) is 15.2 Å². The second kappa shape index (κ2) is 10.2. The lowest BCUT2D eigenvalue weighted by Gasteiger charge is -2.13. The Bertz CT molecular complexity index is 816. The number of nitrogens with one attached hydrogen (secondary N) is 3. The minimum atomic E-state index is 0.0278. The van der Waals surface area contributed by atoms with Gasteiger partial charge in [0.25, 0.3) is 0 Å². The van der Waals surface area contributed by atoms with Crippen LogP contribution in [0, 0.1) is 0 Å². The van der Waals surface area contributed by atoms with Gasteiger partial charge in [0.15, 0.2) is 5.96 Å². The van der Waals surface area contributed by atoms with E-state index in [4.69, 9.17) is 23.2 Å². The number of carbonyl (C=O) groups is 1. The summed E-state index contributed by atoms with van der Waals surface area (Å²) in [7, 11) is 3.57. The molecule has 1 aromatic carbocycles. The molecule has 0 saturated carbocycles. The van der Waals surface area contributed by atoms with E-state index in [1.165, 1.54) is 0 Å². The van der Waals surface area contributed by atoms with Gasteiger partial charge < -0.3 is 20.5 Å². The van der Waals surface area contributed by atoms with Crippen LogP contribution < -0.4 is 16.0 Å². The molecular weight excluding hydrogens is 385 g/mol. The maximum Gasteiger partial charge on any atom is 0.224 e. The van der Waals surface area contributed by atoms with E-state index in [0.717, 1.165) is 23.4 Å². The molecular formula is C19H25Cl2N5O. The van der Waals surface area contributed by atoms with Gasteiger partial charge >= 0.3 is 0 Å². The highest BCUT2D eigenvalue weighted by atomic mass is 35.5. The van der Waals surface area contributed by atoms with E-state index in [1.54, 1.807) is 7.05 Å². The van der Waals surface area contributed by atoms with Gasteiger partial charge in [-0.3, -0.25) is 9.79 Å². The maximum absolute atomic E-state index is 11.7. The Hall–Kier alpha value is -2.18. The largest absolute Gasteiger partial charge is 0.352 e. The number of rotatable bonds is 7. The second-order valence-electron chi connectivity index (χ2n) is 6.11. The van der Waals surface area contributed by atoms with Crippen molar-refractivity contribution in [3.05, 3.63) is 51.8 Å². The van der Waals surface area contributed by atoms with Gasteiger partial charge in [0.05, 0.1) is 11.6 Å². The molecule has 146 valence electrons. The van der Waals surface area contributed by atoms with Crippen molar-refractivity contribution in [2.45, 2.75) is 32.9 Å². The Balaban J connectivity index is 1.90. The first-order chi connectivity index (χ1) is 12.9. The predicted molar refractivity (Wildman–Crippen MR) is 112 cm³/mol. The normalized spacial score (nSPS) is 11.4. The zero-order chi connectivity index (χ0) is 19.8. The quantitative estimate of drug-likeness (QED) is 0.479. The van der Waals surface area contributed by atoms with E-state index in [2.05, 4.69) is 20.9 Å². The van der Waals surface area contributed by atoms with Gasteiger partial charge in [0.1, 0.15) is 5.15 Å². The first kappa shape index (κ1) is 21.1. The summed E-state index contributed by atoms with van der Waals surface area (Å²) in [5.74, 6) is 0.684. The predicted octanol–water partition coefficient (Wildman–Crippen LogP) is 3.94. The summed E-state index contributed by atoms with van der Waals surface area (Å²) in [5.41, 5.74) is 2.79. The van der Waals surface area contributed by atoms with Crippen molar-refractivity contribution < 1.29 is 4.79 Å². The van der Waals surface area contributed by atoms with Gasteiger partial charge in [-0.05, 0) is 30.2 Å². The highest BCUT2D eigenvalue weighted by molar-refractivity contribution is 6.41. The summed E-state index contributed by atoms with van der Waals surface area (Å²) in [6.07, 6.45) is 1.35. The number of halogens is 2. The second-order valence-corrected chi connectivity index (χ2v) is 6.88. The SMILES string of the molecule is CCCC(=O)Nc1cccc(CNC(=NC)NCc2cc(Cl)c(Cl)n2C)c1. The molecule has 0 aliphatic heterocycles. The first-order valence-electron chi connectivity index (χ1n) is 8.77. The summed E-state index contributed by atoms with van der Waals surface area (Å²) in [5, 5.41) is 10.4. The third kappa shape index (κ3) is 6.19. The lowest BCUT2D eigenvalue weighted by atomic mass is 10.2. The Kier molecular flexibility index (Phi) is 8.00. The molecule has 8 heteroatoms. The van der Waals surface area contributed by atoms with Crippen molar-refractivity contribution in [2.24, 2.45) is 12.0 Å². The molecule has 0 aliphatic carbocycles. The topological polar surface area (TPSA) is 70.4 Å². The van der Waals surface area contributed by atoms with Crippen LogP contribution in [0.15, 0.2) is 35.3 Å². The van der Waals surface area contributed by atoms with Crippen molar-refractivity contribution in [2.75, 3.05) is 12.4 Å². The number of aromatic nitrogens is 1. The van der Waals surface area contributed by atoms with E-state index >= 15 is 0 Å². The number of benzene rings is 1. The Labute approximate surface area is 170 Å². The van der Waals surface area contributed by atoms with Gasteiger partial charge in [-0.1, -0.05) is 42.3 Å². The molecule has 0 atom stereocenters. The fourth-order valence-corrected chi connectivity index (χ4v) is 2.96. The van der Waals surface area contributed by atoms with Gasteiger partial charge in [-0.15, -0.1) is 0 Å². The molecule has 1 aromatic heterocycles. The summed E-state index contributed by atoms with van der Waals surface area (Å²) in [4.78, 5) is 16.0. The molecule has 0 radical (unpaired) electrons. The van der Waals surface area contributed by atoms with Crippen LogP contribution in [0.4, 0.5) is 5.69 Å². The first-order valence-corrected chi connectivity index (χ1v) is 9.53. The van der Waals surface area contributed by atoms with Gasteiger partial charge in [0.2, 0.25) is 5.91 Å². The van der Waals surface area contributed by atoms with E-state index in [0.29, 0.717) is 35.6 Å². The average molecular weight is 410 g/mol. The van der Waals surface area contributed by atoms with Gasteiger partial charge in [-0.2, -0.15) is 0 Å². The average Bonchev–Trinajstić information content (AvgIpc) is 2.89. The highest BCUT2D eigenvalue weighted by Crippen LogP contribution is 2.24. The van der Waals surface area contributed by atoms with Crippen LogP contribution >= 0.6 is 23.2 Å². The molecule has 3 N–H and O–H groups in total. The number of guanidine groups is 1. The molecule has 2 rings (SSSR count). The lowest BCUT2D eigenvalue weighted by molar-refractivity contribution is -0.116. The number of carbonyl (C=O) groups excluding carboxylic acids is 1. The zero-order valence-electron chi connectivity index (χ0n) is 15.8. The summed E-state index contributed by atoms with van der Waals surface area (Å²) >= 11 is 12.1. The molecule has 27 heavy (non-hydrogen) atoms. The number of hydrogen-bond donors (Lipinski definition) is 3. The van der Waals surface area contributed by atoms with Crippen LogP contribution in [-0.2, 0) is 24.9 Å². The summed E-state index contributed by atoms with van der Waals surface area (Å²) in [6.45, 7) is 3.09. The van der Waals surface area contributed by atoms with E-state index in [1.807, 2.05) is 48.9 Å². The molecule has 0 unspecified atom stereocenters. The molecule has 2 aromatic rings. The van der Waals surface area contributed by atoms with E-state index in [-0.39, 0.29) is 5.91 Å². The molecule has 1 amide bonds. The molecule has 6 nitrogen and oxygen atoms in total. The number of anilines is 1. The number of hydrogen-bond acceptors (Lipinski definition) is 2. The molecule has 0 spiro atoms. The number of nitrogens with zero attached hydrogens (tertiary/aromatic N) is 2. The van der Waals surface area contributed by atoms with E-state index < -0.39 is 0 Å². The fourth-order valence-electron chi connectivity index (χ4n) is 2.55. The Morgan fingerprint density at radius 2 is 1.93 bits per heavy atom. The third-order valence-corrected chi connectivity index (χ3v) is 4.87. The lowest BCUT2D eigenvalue weighted by Crippen LogP contribution is -2.36. The van der Waals surface area contributed by atoms with Crippen LogP contribution in [0.25, 0.3) is 0 Å². The molecule has 0 fully saturated rings. The third-order valence-electron chi connectivity index (χ3n) is 4.02. The smallest absolute Gasteiger partial charge is 0.224 e. The van der Waals surface area contributed by atoms with Crippen molar-refractivity contribution in [3.63, 3.8) is 0 Å². The van der Waals surface area contributed by atoms with Crippen molar-refractivity contribution >= 4 is 40.8 Å². The van der Waals surface area contributed by atoms with Crippen LogP contribution in [0.3, 0.4) is 0 Å². The standard InChI is InChI=1S/C19H25Cl2N5O/c1-4-6-17(27)25-14-8-5-7-13(9-14)11-23-19(22-2)24-12-15-10-16(20)18(21)26(15)3/h5,7-10H,4,6,11-12H2,1-3H3,(H,25,27)(H2,22,23,24). The number of aliphatic imine (C=N–C) groups is 1. The maximum atomic E-state index is 11.7. The van der Waals surface area contributed by atoms with Crippen molar-refractivity contribution in [3.8, 4) is 0 Å². The Morgan fingerprint density at radius 1 is 1.19 bits per heavy atom. The molecule has 1 heterocycles. The van der Waals surface area contributed by atoms with Crippen LogP contribution in [0.5, 0.6) is 0 Å². The van der Waals surface area contributed by atoms with E-state index in [9.17, 15) is 4.79 Å². The van der Waals surface area contributed by atoms with Gasteiger partial charge in [-0.25, -0.2) is 0 Å². The minimum absolute atomic E-state index is 0.0278. The van der Waals surface area contributed by atoms with Gasteiger partial charge in [0, 0.05) is 38.4 Å². The van der Waals surface area contributed by atoms with Crippen LogP contribution in [0.1, 0.15) is 31.0 Å².